The maximum absolute atomic E-state index is 10.3. The molecule has 0 aromatic rings. The molecule has 0 unspecified atom stereocenters. The molecule has 5 heteroatoms. The summed E-state index contributed by atoms with van der Waals surface area (Å²) in [5, 5.41) is 2.39. The lowest BCUT2D eigenvalue weighted by Gasteiger charge is -2.22. The first-order valence-electron chi connectivity index (χ1n) is 2.74. The predicted molar refractivity (Wildman–Crippen MR) is 43.6 cm³/mol. The fraction of sp³-hybridized carbons (Fsp3) is 0.600. The van der Waals surface area contributed by atoms with Crippen LogP contribution in [-0.2, 0) is 0 Å². The Balaban J connectivity index is 4.13. The van der Waals surface area contributed by atoms with Gasteiger partial charge < -0.3 is 16.8 Å². The van der Waals surface area contributed by atoms with Crippen molar-refractivity contribution in [3.63, 3.8) is 0 Å². The summed E-state index contributed by atoms with van der Waals surface area (Å²) in [5.41, 5.74) is 9.44. The number of thiocarbonyl (C=S) groups is 1. The highest BCUT2D eigenvalue weighted by atomic mass is 32.1. The van der Waals surface area contributed by atoms with Crippen LogP contribution in [0.5, 0.6) is 0 Å². The number of rotatable bonds is 2. The summed E-state index contributed by atoms with van der Waals surface area (Å²) in [6.45, 7) is 3.36. The Morgan fingerprint density at radius 3 is 2.00 bits per heavy atom. The lowest BCUT2D eigenvalue weighted by molar-refractivity contribution is 0.244. The molecule has 0 saturated heterocycles. The number of nitrogens with one attached hydrogen (secondary N) is 1. The molecule has 0 aromatic heterocycles. The van der Waals surface area contributed by atoms with Crippen LogP contribution < -0.4 is 16.8 Å². The van der Waals surface area contributed by atoms with Crippen LogP contribution in [0.2, 0.25) is 0 Å². The summed E-state index contributed by atoms with van der Waals surface area (Å²) in [6.07, 6.45) is 0. The Hall–Kier alpha value is -0.840. The van der Waals surface area contributed by atoms with Gasteiger partial charge in [-0.3, -0.25) is 0 Å². The second-order valence-electron chi connectivity index (χ2n) is 2.48. The molecule has 0 spiro atoms. The predicted octanol–water partition coefficient (Wildman–Crippen LogP) is -0.281. The van der Waals surface area contributed by atoms with Crippen LogP contribution in [0.1, 0.15) is 13.8 Å². The first-order valence-corrected chi connectivity index (χ1v) is 3.14. The van der Waals surface area contributed by atoms with Gasteiger partial charge in [-0.25, -0.2) is 4.79 Å². The molecule has 0 heterocycles. The van der Waals surface area contributed by atoms with Gasteiger partial charge in [0.15, 0.2) is 0 Å². The molecule has 0 atom stereocenters. The highest BCUT2D eigenvalue weighted by molar-refractivity contribution is 7.80. The van der Waals surface area contributed by atoms with Crippen LogP contribution in [0.3, 0.4) is 0 Å². The molecule has 2 amide bonds. The molecule has 0 aliphatic rings. The van der Waals surface area contributed by atoms with E-state index in [-0.39, 0.29) is 4.99 Å². The van der Waals surface area contributed by atoms with E-state index in [0.29, 0.717) is 0 Å². The van der Waals surface area contributed by atoms with E-state index in [2.05, 4.69) is 17.5 Å². The molecule has 0 fully saturated rings. The van der Waals surface area contributed by atoms with Gasteiger partial charge in [0, 0.05) is 0 Å². The van der Waals surface area contributed by atoms with Gasteiger partial charge in [-0.15, -0.1) is 0 Å². The quantitative estimate of drug-likeness (QED) is 0.487. The van der Waals surface area contributed by atoms with Gasteiger partial charge in [0.2, 0.25) is 0 Å². The number of carbonyl (C=O) groups excluding carboxylic acids is 1. The van der Waals surface area contributed by atoms with E-state index >= 15 is 0 Å². The summed E-state index contributed by atoms with van der Waals surface area (Å²) in [7, 11) is 0. The summed E-state index contributed by atoms with van der Waals surface area (Å²) < 4.78 is 0. The van der Waals surface area contributed by atoms with Gasteiger partial charge in [0.05, 0.1) is 10.5 Å². The lowest BCUT2D eigenvalue weighted by atomic mass is 10.1. The minimum atomic E-state index is -0.693. The van der Waals surface area contributed by atoms with Gasteiger partial charge in [-0.05, 0) is 13.8 Å². The third kappa shape index (κ3) is 2.63. The van der Waals surface area contributed by atoms with Crippen LogP contribution in [-0.4, -0.2) is 16.6 Å². The van der Waals surface area contributed by atoms with Gasteiger partial charge in [0.1, 0.15) is 0 Å². The molecule has 0 aliphatic carbocycles. The third-order valence-electron chi connectivity index (χ3n) is 1.05. The van der Waals surface area contributed by atoms with Crippen LogP contribution in [0.15, 0.2) is 0 Å². The van der Waals surface area contributed by atoms with Crippen molar-refractivity contribution in [2.75, 3.05) is 0 Å². The van der Waals surface area contributed by atoms with Crippen LogP contribution in [0.4, 0.5) is 4.79 Å². The van der Waals surface area contributed by atoms with Crippen molar-refractivity contribution in [1.29, 1.82) is 0 Å². The fourth-order valence-corrected chi connectivity index (χ4v) is 0.421. The Bertz CT molecular complexity index is 166. The normalized spacial score (nSPS) is 10.6. The van der Waals surface area contributed by atoms with Crippen molar-refractivity contribution in [2.24, 2.45) is 11.5 Å². The largest absolute Gasteiger partial charge is 0.391 e. The van der Waals surface area contributed by atoms with Crippen LogP contribution in [0.25, 0.3) is 0 Å². The van der Waals surface area contributed by atoms with E-state index < -0.39 is 11.6 Å². The Morgan fingerprint density at radius 1 is 1.50 bits per heavy atom. The minimum absolute atomic E-state index is 0.214. The van der Waals surface area contributed by atoms with E-state index in [1.807, 2.05) is 0 Å². The maximum Gasteiger partial charge on any atom is 0.312 e. The zero-order chi connectivity index (χ0) is 8.36. The Labute approximate surface area is 64.9 Å². The van der Waals surface area contributed by atoms with Gasteiger partial charge in [-0.1, -0.05) is 12.2 Å². The average molecular weight is 161 g/mol. The molecule has 0 radical (unpaired) electrons. The Morgan fingerprint density at radius 2 is 1.90 bits per heavy atom. The first-order chi connectivity index (χ1) is 4.36. The fourth-order valence-electron chi connectivity index (χ4n) is 0.370. The summed E-state index contributed by atoms with van der Waals surface area (Å²) in [5.74, 6) is 0. The molecule has 0 saturated carbocycles. The van der Waals surface area contributed by atoms with Gasteiger partial charge >= 0.3 is 6.03 Å². The summed E-state index contributed by atoms with van der Waals surface area (Å²) >= 11 is 4.66. The second-order valence-corrected chi connectivity index (χ2v) is 2.92. The third-order valence-corrected chi connectivity index (χ3v) is 1.56. The first kappa shape index (κ1) is 9.16. The Kier molecular flexibility index (Phi) is 2.59. The van der Waals surface area contributed by atoms with E-state index in [1.165, 1.54) is 0 Å². The number of hydrogen-bond donors (Lipinski definition) is 3. The topological polar surface area (TPSA) is 81.1 Å². The molecule has 4 nitrogen and oxygen atoms in total. The van der Waals surface area contributed by atoms with Crippen molar-refractivity contribution in [1.82, 2.24) is 5.32 Å². The van der Waals surface area contributed by atoms with Gasteiger partial charge in [0.25, 0.3) is 0 Å². The molecular weight excluding hydrogens is 150 g/mol. The standard InChI is InChI=1S/C5H11N3OS/c1-5(2,3(6)10)8-4(7)9/h1-2H3,(H2,6,10)(H3,7,8,9). The van der Waals surface area contributed by atoms with Gasteiger partial charge in [-0.2, -0.15) is 0 Å². The number of hydrogen-bond acceptors (Lipinski definition) is 2. The van der Waals surface area contributed by atoms with Crippen LogP contribution in [0, 0.1) is 0 Å². The van der Waals surface area contributed by atoms with Crippen molar-refractivity contribution in [3.8, 4) is 0 Å². The lowest BCUT2D eigenvalue weighted by Crippen LogP contribution is -2.53. The van der Waals surface area contributed by atoms with E-state index in [4.69, 9.17) is 11.5 Å². The summed E-state index contributed by atoms with van der Waals surface area (Å²) in [6, 6.07) is -0.627. The zero-order valence-corrected chi connectivity index (χ0v) is 6.79. The van der Waals surface area contributed by atoms with E-state index in [0.717, 1.165) is 0 Å². The van der Waals surface area contributed by atoms with Crippen LogP contribution >= 0.6 is 12.2 Å². The average Bonchev–Trinajstić information content (AvgIpc) is 1.60. The number of primary amides is 1. The van der Waals surface area contributed by atoms with E-state index in [1.54, 1.807) is 13.8 Å². The number of nitrogens with two attached hydrogens (primary N) is 2. The molecule has 0 bridgehead atoms. The highest BCUT2D eigenvalue weighted by Crippen LogP contribution is 2.00. The molecule has 10 heavy (non-hydrogen) atoms. The highest BCUT2D eigenvalue weighted by Gasteiger charge is 2.21. The molecule has 0 rings (SSSR count). The SMILES string of the molecule is CC(C)(NC(N)=O)C(N)=S. The number of amides is 2. The molecular formula is C5H11N3OS. The number of carbonyl (C=O) groups is 1. The molecule has 5 N–H and O–H groups in total. The smallest absolute Gasteiger partial charge is 0.312 e. The number of urea groups is 1. The monoisotopic (exact) mass is 161 g/mol. The second kappa shape index (κ2) is 2.83. The van der Waals surface area contributed by atoms with Crippen molar-refractivity contribution in [2.45, 2.75) is 19.4 Å². The van der Waals surface area contributed by atoms with E-state index in [9.17, 15) is 4.79 Å². The molecule has 58 valence electrons. The van der Waals surface area contributed by atoms with Crippen molar-refractivity contribution < 1.29 is 4.79 Å². The van der Waals surface area contributed by atoms with Crippen molar-refractivity contribution >= 4 is 23.2 Å². The maximum atomic E-state index is 10.3. The molecule has 0 aromatic carbocycles. The zero-order valence-electron chi connectivity index (χ0n) is 5.97. The minimum Gasteiger partial charge on any atom is -0.391 e. The van der Waals surface area contributed by atoms with Crippen molar-refractivity contribution in [3.05, 3.63) is 0 Å². The summed E-state index contributed by atoms with van der Waals surface area (Å²) in [4.78, 5) is 10.5. The molecule has 0 aliphatic heterocycles.